The van der Waals surface area contributed by atoms with Crippen LogP contribution in [-0.4, -0.2) is 41.7 Å². The minimum absolute atomic E-state index is 0.00153. The molecule has 1 aliphatic heterocycles. The summed E-state index contributed by atoms with van der Waals surface area (Å²) < 4.78 is 0. The zero-order chi connectivity index (χ0) is 15.2. The van der Waals surface area contributed by atoms with Gasteiger partial charge in [0.05, 0.1) is 6.04 Å². The third-order valence-electron chi connectivity index (χ3n) is 4.33. The van der Waals surface area contributed by atoms with Gasteiger partial charge in [-0.2, -0.15) is 0 Å². The summed E-state index contributed by atoms with van der Waals surface area (Å²) in [5.41, 5.74) is 7.43. The van der Waals surface area contributed by atoms with Crippen LogP contribution in [0.1, 0.15) is 25.3 Å². The Morgan fingerprint density at radius 3 is 2.71 bits per heavy atom. The molecule has 1 amide bonds. The fourth-order valence-electron chi connectivity index (χ4n) is 2.75. The van der Waals surface area contributed by atoms with Gasteiger partial charge >= 0.3 is 0 Å². The normalized spacial score (nSPS) is 18.4. The lowest BCUT2D eigenvalue weighted by Crippen LogP contribution is -2.46. The second-order valence-electron chi connectivity index (χ2n) is 5.69. The highest BCUT2D eigenvalue weighted by Crippen LogP contribution is 2.20. The van der Waals surface area contributed by atoms with Crippen LogP contribution in [-0.2, 0) is 11.3 Å². The summed E-state index contributed by atoms with van der Waals surface area (Å²) >= 11 is 0. The molecule has 0 saturated carbocycles. The van der Waals surface area contributed by atoms with Crippen LogP contribution in [0.3, 0.4) is 0 Å². The molecule has 0 aliphatic carbocycles. The van der Waals surface area contributed by atoms with Gasteiger partial charge in [0.2, 0.25) is 5.91 Å². The van der Waals surface area contributed by atoms with Gasteiger partial charge in [0, 0.05) is 18.8 Å². The van der Waals surface area contributed by atoms with Crippen molar-refractivity contribution in [2.75, 3.05) is 25.0 Å². The van der Waals surface area contributed by atoms with Crippen molar-refractivity contribution in [3.63, 3.8) is 0 Å². The highest BCUT2D eigenvalue weighted by Gasteiger charge is 2.26. The number of nitrogens with zero attached hydrogens (tertiary/aromatic N) is 1. The van der Waals surface area contributed by atoms with E-state index in [4.69, 9.17) is 10.8 Å². The van der Waals surface area contributed by atoms with Gasteiger partial charge in [0.1, 0.15) is 0 Å². The standard InChI is InChI=1S/C16H25N3O2/c1-12(19-8-6-13(11-20)7-9-19)16(21)18-15-5-3-2-4-14(15)10-17/h2-5,12-13,20H,6-11,17H2,1H3,(H,18,21). The van der Waals surface area contributed by atoms with Crippen LogP contribution in [0.2, 0.25) is 0 Å². The van der Waals surface area contributed by atoms with Crippen LogP contribution < -0.4 is 11.1 Å². The number of amides is 1. The Hall–Kier alpha value is -1.43. The molecule has 0 bridgehead atoms. The van der Waals surface area contributed by atoms with E-state index in [-0.39, 0.29) is 18.6 Å². The van der Waals surface area contributed by atoms with E-state index in [0.717, 1.165) is 37.2 Å². The molecule has 1 heterocycles. The number of hydrogen-bond donors (Lipinski definition) is 3. The van der Waals surface area contributed by atoms with Crippen molar-refractivity contribution >= 4 is 11.6 Å². The molecule has 5 nitrogen and oxygen atoms in total. The lowest BCUT2D eigenvalue weighted by molar-refractivity contribution is -0.121. The number of rotatable bonds is 5. The second kappa shape index (κ2) is 7.54. The number of carbonyl (C=O) groups is 1. The molecular weight excluding hydrogens is 266 g/mol. The summed E-state index contributed by atoms with van der Waals surface area (Å²) in [5.74, 6) is 0.382. The summed E-state index contributed by atoms with van der Waals surface area (Å²) in [5, 5.41) is 12.1. The Kier molecular flexibility index (Phi) is 5.73. The van der Waals surface area contributed by atoms with Crippen LogP contribution in [0.5, 0.6) is 0 Å². The summed E-state index contributed by atoms with van der Waals surface area (Å²) in [6, 6.07) is 7.45. The molecule has 0 aromatic heterocycles. The van der Waals surface area contributed by atoms with Crippen LogP contribution in [0.25, 0.3) is 0 Å². The number of likely N-dealkylation sites (tertiary alicyclic amines) is 1. The fraction of sp³-hybridized carbons (Fsp3) is 0.562. The Bertz CT molecular complexity index is 470. The number of benzene rings is 1. The first-order valence-electron chi connectivity index (χ1n) is 7.59. The molecule has 5 heteroatoms. The molecular formula is C16H25N3O2. The predicted octanol–water partition coefficient (Wildman–Crippen LogP) is 1.18. The number of nitrogens with two attached hydrogens (primary N) is 1. The summed E-state index contributed by atoms with van der Waals surface area (Å²) in [7, 11) is 0. The van der Waals surface area contributed by atoms with Crippen molar-refractivity contribution in [2.24, 2.45) is 11.7 Å². The lowest BCUT2D eigenvalue weighted by Gasteiger charge is -2.34. The molecule has 1 saturated heterocycles. The Balaban J connectivity index is 1.94. The van der Waals surface area contributed by atoms with Gasteiger partial charge in [-0.3, -0.25) is 9.69 Å². The minimum Gasteiger partial charge on any atom is -0.396 e. The largest absolute Gasteiger partial charge is 0.396 e. The van der Waals surface area contributed by atoms with Gasteiger partial charge in [-0.15, -0.1) is 0 Å². The molecule has 0 spiro atoms. The van der Waals surface area contributed by atoms with Crippen molar-refractivity contribution in [1.82, 2.24) is 4.90 Å². The van der Waals surface area contributed by atoms with Crippen LogP contribution >= 0.6 is 0 Å². The van der Waals surface area contributed by atoms with Gasteiger partial charge in [0.25, 0.3) is 0 Å². The molecule has 116 valence electrons. The first-order valence-corrected chi connectivity index (χ1v) is 7.59. The molecule has 4 N–H and O–H groups in total. The van der Waals surface area contributed by atoms with Crippen molar-refractivity contribution in [1.29, 1.82) is 0 Å². The molecule has 1 unspecified atom stereocenters. The van der Waals surface area contributed by atoms with Crippen LogP contribution in [0, 0.1) is 5.92 Å². The summed E-state index contributed by atoms with van der Waals surface area (Å²) in [6.45, 7) is 4.31. The number of anilines is 1. The maximum Gasteiger partial charge on any atom is 0.241 e. The summed E-state index contributed by atoms with van der Waals surface area (Å²) in [4.78, 5) is 14.6. The molecule has 21 heavy (non-hydrogen) atoms. The Labute approximate surface area is 126 Å². The van der Waals surface area contributed by atoms with E-state index in [1.54, 1.807) is 0 Å². The predicted molar refractivity (Wildman–Crippen MR) is 83.8 cm³/mol. The number of aliphatic hydroxyl groups excluding tert-OH is 1. The number of carbonyl (C=O) groups excluding carboxylic acids is 1. The average Bonchev–Trinajstić information content (AvgIpc) is 2.54. The zero-order valence-corrected chi connectivity index (χ0v) is 12.6. The number of piperidine rings is 1. The van der Waals surface area contributed by atoms with Crippen molar-refractivity contribution in [3.05, 3.63) is 29.8 Å². The number of hydrogen-bond acceptors (Lipinski definition) is 4. The Morgan fingerprint density at radius 1 is 1.43 bits per heavy atom. The average molecular weight is 291 g/mol. The van der Waals surface area contributed by atoms with Gasteiger partial charge in [0.15, 0.2) is 0 Å². The first kappa shape index (κ1) is 15.9. The quantitative estimate of drug-likeness (QED) is 0.761. The highest BCUT2D eigenvalue weighted by molar-refractivity contribution is 5.95. The number of para-hydroxylation sites is 1. The van der Waals surface area contributed by atoms with E-state index in [0.29, 0.717) is 12.5 Å². The van der Waals surface area contributed by atoms with E-state index < -0.39 is 0 Å². The van der Waals surface area contributed by atoms with Gasteiger partial charge in [-0.25, -0.2) is 0 Å². The lowest BCUT2D eigenvalue weighted by atomic mass is 9.97. The molecule has 2 rings (SSSR count). The van der Waals surface area contributed by atoms with Gasteiger partial charge in [-0.1, -0.05) is 18.2 Å². The minimum atomic E-state index is -0.171. The fourth-order valence-corrected chi connectivity index (χ4v) is 2.75. The molecule has 1 aromatic carbocycles. The molecule has 1 aromatic rings. The second-order valence-corrected chi connectivity index (χ2v) is 5.69. The van der Waals surface area contributed by atoms with Gasteiger partial charge in [-0.05, 0) is 50.4 Å². The topological polar surface area (TPSA) is 78.6 Å². The third kappa shape index (κ3) is 4.03. The maximum absolute atomic E-state index is 12.4. The molecule has 1 fully saturated rings. The molecule has 0 radical (unpaired) electrons. The number of nitrogens with one attached hydrogen (secondary N) is 1. The molecule has 1 atom stereocenters. The molecule has 1 aliphatic rings. The van der Waals surface area contributed by atoms with E-state index in [1.807, 2.05) is 31.2 Å². The van der Waals surface area contributed by atoms with E-state index in [9.17, 15) is 4.79 Å². The zero-order valence-electron chi connectivity index (χ0n) is 12.6. The maximum atomic E-state index is 12.4. The number of aliphatic hydroxyl groups is 1. The summed E-state index contributed by atoms with van der Waals surface area (Å²) in [6.07, 6.45) is 1.90. The van der Waals surface area contributed by atoms with Crippen molar-refractivity contribution in [2.45, 2.75) is 32.4 Å². The van der Waals surface area contributed by atoms with Crippen LogP contribution in [0.4, 0.5) is 5.69 Å². The van der Waals surface area contributed by atoms with Gasteiger partial charge < -0.3 is 16.2 Å². The SMILES string of the molecule is CC(C(=O)Nc1ccccc1CN)N1CCC(CO)CC1. The third-order valence-corrected chi connectivity index (χ3v) is 4.33. The van der Waals surface area contributed by atoms with E-state index in [2.05, 4.69) is 10.2 Å². The van der Waals surface area contributed by atoms with Crippen molar-refractivity contribution in [3.8, 4) is 0 Å². The monoisotopic (exact) mass is 291 g/mol. The van der Waals surface area contributed by atoms with Crippen molar-refractivity contribution < 1.29 is 9.90 Å². The van der Waals surface area contributed by atoms with E-state index >= 15 is 0 Å². The first-order chi connectivity index (χ1) is 10.2. The highest BCUT2D eigenvalue weighted by atomic mass is 16.3. The van der Waals surface area contributed by atoms with Crippen LogP contribution in [0.15, 0.2) is 24.3 Å². The Morgan fingerprint density at radius 2 is 2.10 bits per heavy atom. The smallest absolute Gasteiger partial charge is 0.241 e. The van der Waals surface area contributed by atoms with E-state index in [1.165, 1.54) is 0 Å².